The normalized spacial score (nSPS) is 17.2. The lowest BCUT2D eigenvalue weighted by Gasteiger charge is -2.11. The molecule has 1 saturated carbocycles. The van der Waals surface area contributed by atoms with Crippen molar-refractivity contribution in [3.8, 4) is 0 Å². The Morgan fingerprint density at radius 2 is 2.07 bits per heavy atom. The van der Waals surface area contributed by atoms with Crippen molar-refractivity contribution < 1.29 is 14.7 Å². The Labute approximate surface area is 82.9 Å². The van der Waals surface area contributed by atoms with Gasteiger partial charge in [0.05, 0.1) is 0 Å². The first kappa shape index (κ1) is 10.8. The number of hydrogen-bond donors (Lipinski definition) is 3. The molecule has 1 rings (SSSR count). The predicted octanol–water partition coefficient (Wildman–Crippen LogP) is 0.703. The molecule has 0 atom stereocenters. The van der Waals surface area contributed by atoms with E-state index >= 15 is 0 Å². The van der Waals surface area contributed by atoms with Crippen molar-refractivity contribution in [1.29, 1.82) is 0 Å². The van der Waals surface area contributed by atoms with Gasteiger partial charge < -0.3 is 15.7 Å². The average Bonchev–Trinajstić information content (AvgIpc) is 2.77. The Bertz CT molecular complexity index is 236. The van der Waals surface area contributed by atoms with E-state index in [9.17, 15) is 9.59 Å². The monoisotopic (exact) mass is 200 g/mol. The molecule has 1 aliphatic carbocycles. The molecule has 0 aliphatic heterocycles. The van der Waals surface area contributed by atoms with Crippen LogP contribution in [0.3, 0.4) is 0 Å². The van der Waals surface area contributed by atoms with Crippen molar-refractivity contribution in [2.45, 2.75) is 38.1 Å². The molecular weight excluding hydrogens is 184 g/mol. The highest BCUT2D eigenvalue weighted by Crippen LogP contribution is 2.33. The van der Waals surface area contributed by atoms with Crippen molar-refractivity contribution in [1.82, 2.24) is 10.6 Å². The zero-order chi connectivity index (χ0) is 10.6. The molecule has 14 heavy (non-hydrogen) atoms. The molecule has 0 unspecified atom stereocenters. The quantitative estimate of drug-likeness (QED) is 0.572. The summed E-state index contributed by atoms with van der Waals surface area (Å²) >= 11 is 0. The molecule has 0 aromatic heterocycles. The maximum atomic E-state index is 11.2. The van der Waals surface area contributed by atoms with Crippen LogP contribution < -0.4 is 10.6 Å². The summed E-state index contributed by atoms with van der Waals surface area (Å²) in [5.74, 6) is -0.832. The fourth-order valence-electron chi connectivity index (χ4n) is 1.07. The fraction of sp³-hybridized carbons (Fsp3) is 0.778. The third-order valence-electron chi connectivity index (χ3n) is 2.27. The topological polar surface area (TPSA) is 78.4 Å². The second kappa shape index (κ2) is 4.30. The Hall–Kier alpha value is -1.26. The number of carbonyl (C=O) groups excluding carboxylic acids is 1. The van der Waals surface area contributed by atoms with Gasteiger partial charge in [-0.25, -0.2) is 4.79 Å². The van der Waals surface area contributed by atoms with Gasteiger partial charge >= 0.3 is 12.0 Å². The lowest BCUT2D eigenvalue weighted by Crippen LogP contribution is -2.42. The summed E-state index contributed by atoms with van der Waals surface area (Å²) in [5, 5.41) is 13.8. The molecular formula is C9H16N2O3. The molecule has 80 valence electrons. The first-order chi connectivity index (χ1) is 6.52. The van der Waals surface area contributed by atoms with Crippen LogP contribution >= 0.6 is 0 Å². The number of hydrogen-bond acceptors (Lipinski definition) is 2. The van der Waals surface area contributed by atoms with E-state index in [1.165, 1.54) is 0 Å². The molecule has 3 N–H and O–H groups in total. The number of nitrogens with one attached hydrogen (secondary N) is 2. The van der Waals surface area contributed by atoms with Crippen LogP contribution in [-0.4, -0.2) is 29.2 Å². The molecule has 0 aromatic rings. The number of carboxylic acids is 1. The molecule has 0 bridgehead atoms. The van der Waals surface area contributed by atoms with E-state index in [-0.39, 0.29) is 18.0 Å². The largest absolute Gasteiger partial charge is 0.481 e. The van der Waals surface area contributed by atoms with Crippen molar-refractivity contribution in [2.24, 2.45) is 0 Å². The summed E-state index contributed by atoms with van der Waals surface area (Å²) < 4.78 is 0. The number of rotatable bonds is 5. The first-order valence-electron chi connectivity index (χ1n) is 4.80. The second-order valence-corrected chi connectivity index (χ2v) is 3.94. The summed E-state index contributed by atoms with van der Waals surface area (Å²) in [7, 11) is 0. The van der Waals surface area contributed by atoms with Gasteiger partial charge in [-0.3, -0.25) is 4.79 Å². The maximum absolute atomic E-state index is 11.2. The van der Waals surface area contributed by atoms with Crippen LogP contribution in [0.15, 0.2) is 0 Å². The van der Waals surface area contributed by atoms with Gasteiger partial charge in [0.2, 0.25) is 0 Å². The van der Waals surface area contributed by atoms with Crippen LogP contribution in [0.1, 0.15) is 32.6 Å². The van der Waals surface area contributed by atoms with Crippen LogP contribution in [-0.2, 0) is 4.79 Å². The van der Waals surface area contributed by atoms with E-state index < -0.39 is 5.97 Å². The summed E-state index contributed by atoms with van der Waals surface area (Å²) in [6.07, 6.45) is 2.61. The van der Waals surface area contributed by atoms with Crippen molar-refractivity contribution in [2.75, 3.05) is 6.54 Å². The number of aliphatic carboxylic acids is 1. The Morgan fingerprint density at radius 1 is 1.43 bits per heavy atom. The molecule has 0 heterocycles. The van der Waals surface area contributed by atoms with Crippen LogP contribution in [0.4, 0.5) is 4.79 Å². The van der Waals surface area contributed by atoms with Crippen LogP contribution in [0.25, 0.3) is 0 Å². The molecule has 5 heteroatoms. The highest BCUT2D eigenvalue weighted by Gasteiger charge is 2.38. The Morgan fingerprint density at radius 3 is 2.57 bits per heavy atom. The van der Waals surface area contributed by atoms with Crippen LogP contribution in [0.2, 0.25) is 0 Å². The highest BCUT2D eigenvalue weighted by molar-refractivity contribution is 5.75. The molecule has 0 radical (unpaired) electrons. The molecule has 1 aliphatic rings. The second-order valence-electron chi connectivity index (χ2n) is 3.94. The first-order valence-corrected chi connectivity index (χ1v) is 4.80. The zero-order valence-corrected chi connectivity index (χ0v) is 8.30. The van der Waals surface area contributed by atoms with E-state index in [0.717, 1.165) is 12.8 Å². The summed E-state index contributed by atoms with van der Waals surface area (Å²) in [4.78, 5) is 21.3. The van der Waals surface area contributed by atoms with Gasteiger partial charge in [-0.2, -0.15) is 0 Å². The lowest BCUT2D eigenvalue weighted by molar-refractivity contribution is -0.137. The van der Waals surface area contributed by atoms with Gasteiger partial charge in [0, 0.05) is 18.5 Å². The summed E-state index contributed by atoms with van der Waals surface area (Å²) in [6.45, 7) is 2.40. The minimum atomic E-state index is -0.832. The van der Waals surface area contributed by atoms with Gasteiger partial charge in [0.1, 0.15) is 0 Å². The lowest BCUT2D eigenvalue weighted by atomic mass is 10.3. The van der Waals surface area contributed by atoms with Gasteiger partial charge in [0.25, 0.3) is 0 Å². The Balaban J connectivity index is 2.01. The van der Waals surface area contributed by atoms with Gasteiger partial charge in [-0.15, -0.1) is 0 Å². The van der Waals surface area contributed by atoms with Gasteiger partial charge in [0.15, 0.2) is 0 Å². The average molecular weight is 200 g/mol. The molecule has 5 nitrogen and oxygen atoms in total. The minimum absolute atomic E-state index is 0.0170. The zero-order valence-electron chi connectivity index (χ0n) is 8.30. The van der Waals surface area contributed by atoms with Crippen LogP contribution in [0.5, 0.6) is 0 Å². The SMILES string of the molecule is CC1(NC(=O)NCCCC(=O)O)CC1. The van der Waals surface area contributed by atoms with E-state index in [1.54, 1.807) is 0 Å². The maximum Gasteiger partial charge on any atom is 0.315 e. The molecule has 0 spiro atoms. The van der Waals surface area contributed by atoms with Gasteiger partial charge in [-0.1, -0.05) is 0 Å². The Kier molecular flexibility index (Phi) is 3.33. The predicted molar refractivity (Wildman–Crippen MR) is 51.0 cm³/mol. The summed E-state index contributed by atoms with van der Waals surface area (Å²) in [6, 6.07) is -0.199. The number of carbonyl (C=O) groups is 2. The van der Waals surface area contributed by atoms with Crippen molar-refractivity contribution in [3.05, 3.63) is 0 Å². The van der Waals surface area contributed by atoms with Gasteiger partial charge in [-0.05, 0) is 26.2 Å². The van der Waals surface area contributed by atoms with Crippen molar-refractivity contribution >= 4 is 12.0 Å². The standard InChI is InChI=1S/C9H16N2O3/c1-9(4-5-9)11-8(14)10-6-2-3-7(12)13/h2-6H2,1H3,(H,12,13)(H2,10,11,14). The third kappa shape index (κ3) is 4.11. The van der Waals surface area contributed by atoms with Crippen LogP contribution in [0, 0.1) is 0 Å². The van der Waals surface area contributed by atoms with E-state index in [2.05, 4.69) is 10.6 Å². The minimum Gasteiger partial charge on any atom is -0.481 e. The summed E-state index contributed by atoms with van der Waals surface area (Å²) in [5.41, 5.74) is -0.0170. The number of amides is 2. The number of urea groups is 1. The number of carboxylic acid groups (broad SMARTS) is 1. The van der Waals surface area contributed by atoms with E-state index in [4.69, 9.17) is 5.11 Å². The molecule has 2 amide bonds. The highest BCUT2D eigenvalue weighted by atomic mass is 16.4. The molecule has 0 saturated heterocycles. The smallest absolute Gasteiger partial charge is 0.315 e. The third-order valence-corrected chi connectivity index (χ3v) is 2.27. The van der Waals surface area contributed by atoms with Crippen molar-refractivity contribution in [3.63, 3.8) is 0 Å². The molecule has 0 aromatic carbocycles. The fourth-order valence-corrected chi connectivity index (χ4v) is 1.07. The van der Waals surface area contributed by atoms with E-state index in [1.807, 2.05) is 6.92 Å². The molecule has 1 fully saturated rings. The van der Waals surface area contributed by atoms with E-state index in [0.29, 0.717) is 13.0 Å².